The van der Waals surface area contributed by atoms with Crippen LogP contribution in [0.15, 0.2) is 89.8 Å². The number of carbonyl (C=O) groups is 1. The maximum Gasteiger partial charge on any atom is 0.295 e. The number of tetrazole rings is 1. The molecule has 174 valence electrons. The molecule has 0 spiro atoms. The summed E-state index contributed by atoms with van der Waals surface area (Å²) in [5, 5.41) is 15.8. The number of halogens is 1. The van der Waals surface area contributed by atoms with Crippen LogP contribution in [0, 0.1) is 5.82 Å². The molecule has 4 aromatic carbocycles. The molecule has 0 fully saturated rings. The third kappa shape index (κ3) is 4.38. The summed E-state index contributed by atoms with van der Waals surface area (Å²) in [6.07, 6.45) is 1.09. The minimum absolute atomic E-state index is 0.0887. The Kier molecular flexibility index (Phi) is 5.58. The van der Waals surface area contributed by atoms with Gasteiger partial charge < -0.3 is 5.32 Å². The molecule has 10 heteroatoms. The van der Waals surface area contributed by atoms with Crippen LogP contribution in [0.1, 0.15) is 10.6 Å². The number of hydrogen-bond donors (Lipinski definition) is 1. The Morgan fingerprint density at radius 1 is 0.914 bits per heavy atom. The first-order valence-corrected chi connectivity index (χ1v) is 12.4. The number of hydrogen-bond acceptors (Lipinski definition) is 6. The molecule has 0 radical (unpaired) electrons. The summed E-state index contributed by atoms with van der Waals surface area (Å²) in [5.74, 6) is -1.55. The molecule has 0 aliphatic carbocycles. The van der Waals surface area contributed by atoms with Crippen LogP contribution in [0.2, 0.25) is 0 Å². The quantitative estimate of drug-likeness (QED) is 0.397. The van der Waals surface area contributed by atoms with Gasteiger partial charge in [0.2, 0.25) is 5.82 Å². The number of fused-ring (bicyclic) bond motifs is 1. The molecular formula is C25H18FN5O3S. The number of sulfone groups is 1. The van der Waals surface area contributed by atoms with Crippen molar-refractivity contribution in [3.8, 4) is 16.8 Å². The van der Waals surface area contributed by atoms with Crippen LogP contribution in [-0.4, -0.2) is 40.8 Å². The van der Waals surface area contributed by atoms with E-state index in [1.54, 1.807) is 24.3 Å². The lowest BCUT2D eigenvalue weighted by atomic mass is 10.0. The maximum atomic E-state index is 14.9. The average Bonchev–Trinajstić information content (AvgIpc) is 3.35. The largest absolute Gasteiger partial charge is 0.317 e. The van der Waals surface area contributed by atoms with Gasteiger partial charge in [-0.25, -0.2) is 12.8 Å². The van der Waals surface area contributed by atoms with Gasteiger partial charge in [-0.1, -0.05) is 54.6 Å². The van der Waals surface area contributed by atoms with Crippen molar-refractivity contribution in [3.05, 3.63) is 96.6 Å². The van der Waals surface area contributed by atoms with E-state index in [0.29, 0.717) is 16.8 Å². The molecular weight excluding hydrogens is 469 g/mol. The number of aromatic nitrogens is 4. The lowest BCUT2D eigenvalue weighted by molar-refractivity contribution is 0.101. The summed E-state index contributed by atoms with van der Waals surface area (Å²) >= 11 is 0. The lowest BCUT2D eigenvalue weighted by Gasteiger charge is -2.11. The number of rotatable bonds is 5. The first kappa shape index (κ1) is 22.4. The number of benzene rings is 4. The van der Waals surface area contributed by atoms with Gasteiger partial charge >= 0.3 is 0 Å². The molecule has 0 unspecified atom stereocenters. The fraction of sp³-hybridized carbons (Fsp3) is 0.0400. The first-order chi connectivity index (χ1) is 16.8. The van der Waals surface area contributed by atoms with Gasteiger partial charge in [-0.2, -0.15) is 4.68 Å². The zero-order valence-electron chi connectivity index (χ0n) is 18.4. The third-order valence-corrected chi connectivity index (χ3v) is 6.62. The van der Waals surface area contributed by atoms with Crippen LogP contribution >= 0.6 is 0 Å². The summed E-state index contributed by atoms with van der Waals surface area (Å²) in [5.41, 5.74) is 1.21. The molecule has 1 N–H and O–H groups in total. The fourth-order valence-corrected chi connectivity index (χ4v) is 4.71. The number of carbonyl (C=O) groups excluding carboxylic acids is 1. The van der Waals surface area contributed by atoms with E-state index in [9.17, 15) is 17.6 Å². The topological polar surface area (TPSA) is 107 Å². The van der Waals surface area contributed by atoms with Gasteiger partial charge in [0.1, 0.15) is 5.82 Å². The second-order valence-corrected chi connectivity index (χ2v) is 9.85. The van der Waals surface area contributed by atoms with Crippen LogP contribution in [0.3, 0.4) is 0 Å². The Hall–Kier alpha value is -4.44. The zero-order chi connectivity index (χ0) is 24.6. The fourth-order valence-electron chi connectivity index (χ4n) is 3.80. The SMILES string of the molecule is CS(=O)(=O)c1ccccc1-c1ccc(NC(=O)c2nnnn2-c2ccc3ccccc3c2)c(F)c1. The van der Waals surface area contributed by atoms with Crippen LogP contribution < -0.4 is 5.32 Å². The predicted molar refractivity (Wildman–Crippen MR) is 130 cm³/mol. The van der Waals surface area contributed by atoms with Crippen molar-refractivity contribution < 1.29 is 17.6 Å². The molecule has 0 aliphatic rings. The molecule has 1 aromatic heterocycles. The van der Waals surface area contributed by atoms with Gasteiger partial charge in [0, 0.05) is 11.8 Å². The second-order valence-electron chi connectivity index (χ2n) is 7.86. The van der Waals surface area contributed by atoms with Gasteiger partial charge in [-0.05, 0) is 57.1 Å². The minimum atomic E-state index is -3.52. The Bertz CT molecular complexity index is 1700. The van der Waals surface area contributed by atoms with Gasteiger partial charge in [-0.3, -0.25) is 4.79 Å². The Morgan fingerprint density at radius 3 is 2.43 bits per heavy atom. The molecule has 5 rings (SSSR count). The Labute approximate surface area is 199 Å². The number of nitrogens with one attached hydrogen (secondary N) is 1. The van der Waals surface area contributed by atoms with Gasteiger partial charge in [0.05, 0.1) is 16.3 Å². The van der Waals surface area contributed by atoms with Crippen LogP contribution in [0.4, 0.5) is 10.1 Å². The first-order valence-electron chi connectivity index (χ1n) is 10.5. The highest BCUT2D eigenvalue weighted by Crippen LogP contribution is 2.30. The van der Waals surface area contributed by atoms with Gasteiger partial charge in [-0.15, -0.1) is 5.10 Å². The molecule has 0 bridgehead atoms. The molecule has 0 aliphatic heterocycles. The molecule has 8 nitrogen and oxygen atoms in total. The summed E-state index contributed by atoms with van der Waals surface area (Å²) in [6.45, 7) is 0. The summed E-state index contributed by atoms with van der Waals surface area (Å²) in [7, 11) is -3.52. The standard InChI is InChI=1S/C25H18FN5O3S/c1-35(33,34)23-9-5-4-8-20(23)18-11-13-22(21(26)15-18)27-25(32)24-28-29-30-31(24)19-12-10-16-6-2-3-7-17(16)14-19/h2-15H,1H3,(H,27,32). The van der Waals surface area contributed by atoms with E-state index in [1.807, 2.05) is 36.4 Å². The van der Waals surface area contributed by atoms with Crippen LogP contribution in [0.25, 0.3) is 27.6 Å². The van der Waals surface area contributed by atoms with E-state index in [0.717, 1.165) is 17.0 Å². The van der Waals surface area contributed by atoms with Crippen molar-refractivity contribution in [2.45, 2.75) is 4.90 Å². The summed E-state index contributed by atoms with van der Waals surface area (Å²) in [4.78, 5) is 13.0. The summed E-state index contributed by atoms with van der Waals surface area (Å²) in [6, 6.07) is 23.7. The van der Waals surface area contributed by atoms with E-state index in [2.05, 4.69) is 20.8 Å². The number of nitrogens with zero attached hydrogens (tertiary/aromatic N) is 4. The van der Waals surface area contributed by atoms with E-state index >= 15 is 0 Å². The van der Waals surface area contributed by atoms with Gasteiger partial charge in [0.15, 0.2) is 9.84 Å². The van der Waals surface area contributed by atoms with Crippen molar-refractivity contribution in [2.75, 3.05) is 11.6 Å². The Balaban J connectivity index is 1.44. The molecule has 0 atom stereocenters. The van der Waals surface area contributed by atoms with Crippen molar-refractivity contribution >= 4 is 32.2 Å². The van der Waals surface area contributed by atoms with Crippen molar-refractivity contribution in [3.63, 3.8) is 0 Å². The van der Waals surface area contributed by atoms with E-state index in [4.69, 9.17) is 0 Å². The van der Waals surface area contributed by atoms with E-state index in [1.165, 1.54) is 28.9 Å². The molecule has 0 saturated heterocycles. The number of anilines is 1. The molecule has 1 amide bonds. The lowest BCUT2D eigenvalue weighted by Crippen LogP contribution is -2.19. The minimum Gasteiger partial charge on any atom is -0.317 e. The zero-order valence-corrected chi connectivity index (χ0v) is 19.2. The Morgan fingerprint density at radius 2 is 1.66 bits per heavy atom. The number of amides is 1. The van der Waals surface area contributed by atoms with E-state index < -0.39 is 21.6 Å². The monoisotopic (exact) mass is 487 g/mol. The van der Waals surface area contributed by atoms with Crippen molar-refractivity contribution in [1.82, 2.24) is 20.2 Å². The second kappa shape index (κ2) is 8.73. The third-order valence-electron chi connectivity index (χ3n) is 5.47. The highest BCUT2D eigenvalue weighted by Gasteiger charge is 2.20. The predicted octanol–water partition coefficient (Wildman–Crippen LogP) is 4.28. The average molecular weight is 488 g/mol. The highest BCUT2D eigenvalue weighted by molar-refractivity contribution is 7.90. The van der Waals surface area contributed by atoms with E-state index in [-0.39, 0.29) is 16.4 Å². The van der Waals surface area contributed by atoms with Crippen molar-refractivity contribution in [1.29, 1.82) is 0 Å². The molecule has 5 aromatic rings. The van der Waals surface area contributed by atoms with Crippen LogP contribution in [-0.2, 0) is 9.84 Å². The highest BCUT2D eigenvalue weighted by atomic mass is 32.2. The smallest absolute Gasteiger partial charge is 0.295 e. The molecule has 35 heavy (non-hydrogen) atoms. The van der Waals surface area contributed by atoms with Crippen molar-refractivity contribution in [2.24, 2.45) is 0 Å². The summed E-state index contributed by atoms with van der Waals surface area (Å²) < 4.78 is 40.4. The normalized spacial score (nSPS) is 11.5. The maximum absolute atomic E-state index is 14.9. The molecule has 1 heterocycles. The van der Waals surface area contributed by atoms with Gasteiger partial charge in [0.25, 0.3) is 5.91 Å². The van der Waals surface area contributed by atoms with Crippen LogP contribution in [0.5, 0.6) is 0 Å². The molecule has 0 saturated carbocycles.